The van der Waals surface area contributed by atoms with Gasteiger partial charge >= 0.3 is 6.09 Å². The molecule has 1 atom stereocenters. The van der Waals surface area contributed by atoms with E-state index in [-0.39, 0.29) is 24.1 Å². The molecule has 8 nitrogen and oxygen atoms in total. The number of likely N-dealkylation sites (N-methyl/N-ethyl adjacent to an activating group) is 1. The van der Waals surface area contributed by atoms with Crippen LogP contribution in [0.4, 0.5) is 4.79 Å². The zero-order chi connectivity index (χ0) is 26.6. The van der Waals surface area contributed by atoms with Crippen LogP contribution in [0.3, 0.4) is 0 Å². The maximum atomic E-state index is 13.0. The molecule has 0 spiro atoms. The van der Waals surface area contributed by atoms with Crippen molar-refractivity contribution in [2.24, 2.45) is 5.92 Å². The molecule has 1 aromatic heterocycles. The second-order valence-corrected chi connectivity index (χ2v) is 11.2. The normalized spacial score (nSPS) is 20.5. The smallest absolute Gasteiger partial charge is 0.410 e. The first-order chi connectivity index (χ1) is 18.4. The van der Waals surface area contributed by atoms with Crippen LogP contribution >= 0.6 is 0 Å². The maximum absolute atomic E-state index is 13.0. The number of likely N-dealkylation sites (tertiary alicyclic amines) is 2. The van der Waals surface area contributed by atoms with Crippen molar-refractivity contribution in [1.82, 2.24) is 19.7 Å². The summed E-state index contributed by atoms with van der Waals surface area (Å²) in [5, 5.41) is 0. The zero-order valence-corrected chi connectivity index (χ0v) is 22.9. The Balaban J connectivity index is 1.14. The molecule has 5 rings (SSSR count). The molecular formula is C30H40N4O4. The number of aromatic nitrogens is 1. The number of benzene rings is 1. The van der Waals surface area contributed by atoms with Crippen LogP contribution in [0, 0.1) is 5.92 Å². The van der Waals surface area contributed by atoms with Gasteiger partial charge in [0.15, 0.2) is 0 Å². The molecule has 8 heteroatoms. The number of hydrogen-bond acceptors (Lipinski definition) is 6. The number of pyridine rings is 1. The van der Waals surface area contributed by atoms with Crippen LogP contribution in [-0.4, -0.2) is 83.7 Å². The first kappa shape index (κ1) is 26.5. The Morgan fingerprint density at radius 3 is 2.39 bits per heavy atom. The molecule has 0 saturated carbocycles. The number of rotatable bonds is 6. The van der Waals surface area contributed by atoms with Crippen molar-refractivity contribution in [1.29, 1.82) is 0 Å². The van der Waals surface area contributed by atoms with E-state index in [0.717, 1.165) is 62.9 Å². The molecule has 2 aromatic rings. The van der Waals surface area contributed by atoms with Crippen LogP contribution in [-0.2, 0) is 22.5 Å². The number of nitrogens with zero attached hydrogens (tertiary/aromatic N) is 4. The van der Waals surface area contributed by atoms with Gasteiger partial charge in [0.25, 0.3) is 0 Å². The monoisotopic (exact) mass is 520 g/mol. The summed E-state index contributed by atoms with van der Waals surface area (Å²) in [4.78, 5) is 35.7. The van der Waals surface area contributed by atoms with Crippen molar-refractivity contribution in [3.05, 3.63) is 47.7 Å². The van der Waals surface area contributed by atoms with Crippen molar-refractivity contribution in [3.8, 4) is 17.0 Å². The highest BCUT2D eigenvalue weighted by Crippen LogP contribution is 2.30. The molecule has 0 bridgehead atoms. The van der Waals surface area contributed by atoms with Gasteiger partial charge in [-0.25, -0.2) is 9.78 Å². The van der Waals surface area contributed by atoms with E-state index in [9.17, 15) is 9.59 Å². The van der Waals surface area contributed by atoms with E-state index in [2.05, 4.69) is 41.2 Å². The number of piperidine rings is 1. The molecule has 3 aliphatic rings. The van der Waals surface area contributed by atoms with E-state index in [4.69, 9.17) is 9.47 Å². The molecule has 38 heavy (non-hydrogen) atoms. The van der Waals surface area contributed by atoms with Gasteiger partial charge in [0, 0.05) is 50.6 Å². The Hall–Kier alpha value is -3.13. The van der Waals surface area contributed by atoms with Crippen LogP contribution < -0.4 is 4.74 Å². The number of carbonyl (C=O) groups excluding carboxylic acids is 2. The Morgan fingerprint density at radius 2 is 1.71 bits per heavy atom. The molecule has 2 amide bonds. The third kappa shape index (κ3) is 6.12. The fourth-order valence-corrected chi connectivity index (χ4v) is 5.72. The quantitative estimate of drug-likeness (QED) is 0.563. The van der Waals surface area contributed by atoms with E-state index in [1.807, 2.05) is 31.0 Å². The lowest BCUT2D eigenvalue weighted by atomic mass is 9.91. The summed E-state index contributed by atoms with van der Waals surface area (Å²) in [7, 11) is 2.06. The lowest BCUT2D eigenvalue weighted by Crippen LogP contribution is -2.49. The van der Waals surface area contributed by atoms with Gasteiger partial charge in [-0.2, -0.15) is 0 Å². The Labute approximate surface area is 225 Å². The summed E-state index contributed by atoms with van der Waals surface area (Å²) in [5.74, 6) is 1.30. The van der Waals surface area contributed by atoms with Gasteiger partial charge in [-0.15, -0.1) is 0 Å². The average Bonchev–Trinajstić information content (AvgIpc) is 3.46. The summed E-state index contributed by atoms with van der Waals surface area (Å²) in [5.41, 5.74) is 4.72. The number of ether oxygens (including phenoxy) is 2. The number of hydrogen-bond donors (Lipinski definition) is 0. The van der Waals surface area contributed by atoms with Crippen LogP contribution in [0.1, 0.15) is 50.7 Å². The summed E-state index contributed by atoms with van der Waals surface area (Å²) in [6.07, 6.45) is 6.37. The first-order valence-electron chi connectivity index (χ1n) is 14.0. The largest absolute Gasteiger partial charge is 0.477 e. The van der Waals surface area contributed by atoms with Gasteiger partial charge in [0.05, 0.1) is 18.8 Å². The highest BCUT2D eigenvalue weighted by molar-refractivity contribution is 5.83. The molecule has 0 aliphatic carbocycles. The van der Waals surface area contributed by atoms with E-state index >= 15 is 0 Å². The van der Waals surface area contributed by atoms with Gasteiger partial charge < -0.3 is 19.3 Å². The minimum Gasteiger partial charge on any atom is -0.477 e. The van der Waals surface area contributed by atoms with Gasteiger partial charge in [-0.05, 0) is 87.7 Å². The Bertz CT molecular complexity index is 1120. The molecule has 1 unspecified atom stereocenters. The Morgan fingerprint density at radius 1 is 0.974 bits per heavy atom. The maximum Gasteiger partial charge on any atom is 0.410 e. The van der Waals surface area contributed by atoms with Gasteiger partial charge in [0.2, 0.25) is 11.8 Å². The standard InChI is InChI=1S/C30H40N4O4/c1-21(2)38-30(36)34-14-10-22(11-15-34)20-37-28-9-8-25(18-31-28)23-6-7-24-17-27(32(3)19-26(24)16-23)29(35)33-12-4-5-13-33/h6-9,16,18,21-22,27H,4-5,10-15,17,19-20H2,1-3H3. The summed E-state index contributed by atoms with van der Waals surface area (Å²) in [6, 6.07) is 10.5. The van der Waals surface area contributed by atoms with Crippen molar-refractivity contribution in [3.63, 3.8) is 0 Å². The highest BCUT2D eigenvalue weighted by Gasteiger charge is 2.33. The second-order valence-electron chi connectivity index (χ2n) is 11.2. The van der Waals surface area contributed by atoms with Gasteiger partial charge in [-0.3, -0.25) is 9.69 Å². The topological polar surface area (TPSA) is 75.2 Å². The lowest BCUT2D eigenvalue weighted by molar-refractivity contribution is -0.136. The molecule has 0 N–H and O–H groups in total. The van der Waals surface area contributed by atoms with Crippen molar-refractivity contribution < 1.29 is 19.1 Å². The lowest BCUT2D eigenvalue weighted by Gasteiger charge is -2.35. The third-order valence-electron chi connectivity index (χ3n) is 8.02. The van der Waals surface area contributed by atoms with Crippen LogP contribution in [0.2, 0.25) is 0 Å². The van der Waals surface area contributed by atoms with Crippen LogP contribution in [0.25, 0.3) is 11.1 Å². The van der Waals surface area contributed by atoms with Crippen molar-refractivity contribution >= 4 is 12.0 Å². The van der Waals surface area contributed by atoms with Crippen LogP contribution in [0.5, 0.6) is 5.88 Å². The van der Waals surface area contributed by atoms with Gasteiger partial charge in [-0.1, -0.05) is 12.1 Å². The highest BCUT2D eigenvalue weighted by atomic mass is 16.6. The molecule has 2 fully saturated rings. The fraction of sp³-hybridized carbons (Fsp3) is 0.567. The fourth-order valence-electron chi connectivity index (χ4n) is 5.72. The molecule has 4 heterocycles. The molecule has 3 aliphatic heterocycles. The van der Waals surface area contributed by atoms with Crippen molar-refractivity contribution in [2.75, 3.05) is 39.8 Å². The summed E-state index contributed by atoms with van der Waals surface area (Å²) in [6.45, 7) is 8.31. The minimum atomic E-state index is -0.221. The first-order valence-corrected chi connectivity index (χ1v) is 14.0. The van der Waals surface area contributed by atoms with Crippen molar-refractivity contribution in [2.45, 2.75) is 64.6 Å². The zero-order valence-electron chi connectivity index (χ0n) is 22.9. The summed E-state index contributed by atoms with van der Waals surface area (Å²) >= 11 is 0. The van der Waals surface area contributed by atoms with E-state index in [0.29, 0.717) is 31.5 Å². The predicted molar refractivity (Wildman–Crippen MR) is 146 cm³/mol. The van der Waals surface area contributed by atoms with E-state index in [1.165, 1.54) is 11.1 Å². The third-order valence-corrected chi connectivity index (χ3v) is 8.02. The molecule has 2 saturated heterocycles. The van der Waals surface area contributed by atoms with Gasteiger partial charge in [0.1, 0.15) is 0 Å². The van der Waals surface area contributed by atoms with E-state index < -0.39 is 0 Å². The second kappa shape index (κ2) is 11.7. The number of fused-ring (bicyclic) bond motifs is 1. The minimum absolute atomic E-state index is 0.0642. The van der Waals surface area contributed by atoms with Crippen LogP contribution in [0.15, 0.2) is 36.5 Å². The molecule has 0 radical (unpaired) electrons. The summed E-state index contributed by atoms with van der Waals surface area (Å²) < 4.78 is 11.3. The number of carbonyl (C=O) groups is 2. The molecular weight excluding hydrogens is 480 g/mol. The SMILES string of the molecule is CC(C)OC(=O)N1CCC(COc2ccc(-c3ccc4c(c3)CN(C)C(C(=O)N3CCCC3)C4)cn2)CC1. The molecule has 204 valence electrons. The van der Waals surface area contributed by atoms with E-state index in [1.54, 1.807) is 4.90 Å². The Kier molecular flexibility index (Phi) is 8.17. The average molecular weight is 521 g/mol. The molecule has 1 aromatic carbocycles. The number of amides is 2. The predicted octanol–water partition coefficient (Wildman–Crippen LogP) is 4.36.